The summed E-state index contributed by atoms with van der Waals surface area (Å²) in [5.41, 5.74) is 0.374. The van der Waals surface area contributed by atoms with Gasteiger partial charge in [-0.3, -0.25) is 0 Å². The SMILES string of the molecule is COC(=O)/C(C#N)=C\c1cc(OC)c(OC)c(OC)c1Br. The van der Waals surface area contributed by atoms with Crippen molar-refractivity contribution in [3.05, 3.63) is 21.7 Å². The minimum absolute atomic E-state index is 0.146. The van der Waals surface area contributed by atoms with Crippen LogP contribution < -0.4 is 14.2 Å². The lowest BCUT2D eigenvalue weighted by atomic mass is 10.1. The van der Waals surface area contributed by atoms with Crippen molar-refractivity contribution in [2.75, 3.05) is 28.4 Å². The number of esters is 1. The van der Waals surface area contributed by atoms with Gasteiger partial charge in [0.15, 0.2) is 11.5 Å². The van der Waals surface area contributed by atoms with Crippen molar-refractivity contribution >= 4 is 28.0 Å². The van der Waals surface area contributed by atoms with Crippen LogP contribution in [0.5, 0.6) is 17.2 Å². The molecule has 0 fully saturated rings. The number of nitrogens with zero attached hydrogens (tertiary/aromatic N) is 1. The van der Waals surface area contributed by atoms with E-state index in [9.17, 15) is 4.79 Å². The molecule has 1 rings (SSSR count). The number of ether oxygens (including phenoxy) is 4. The molecule has 1 aromatic rings. The second-order valence-corrected chi connectivity index (χ2v) is 4.50. The lowest BCUT2D eigenvalue weighted by Gasteiger charge is -2.15. The molecule has 0 aromatic heterocycles. The summed E-state index contributed by atoms with van der Waals surface area (Å²) in [7, 11) is 5.64. The molecule has 0 radical (unpaired) electrons. The van der Waals surface area contributed by atoms with Gasteiger partial charge in [0.1, 0.15) is 11.6 Å². The minimum atomic E-state index is -0.724. The van der Waals surface area contributed by atoms with E-state index in [1.807, 2.05) is 0 Å². The van der Waals surface area contributed by atoms with E-state index in [1.54, 1.807) is 12.1 Å². The molecule has 0 spiro atoms. The number of hydrogen-bond donors (Lipinski definition) is 0. The molecule has 112 valence electrons. The largest absolute Gasteiger partial charge is 0.493 e. The third-order valence-corrected chi connectivity index (χ3v) is 3.44. The fourth-order valence-corrected chi connectivity index (χ4v) is 2.22. The summed E-state index contributed by atoms with van der Waals surface area (Å²) in [6, 6.07) is 3.40. The summed E-state index contributed by atoms with van der Waals surface area (Å²) in [5.74, 6) is 0.481. The molecule has 0 heterocycles. The molecule has 0 saturated carbocycles. The Morgan fingerprint density at radius 2 is 1.81 bits per heavy atom. The van der Waals surface area contributed by atoms with E-state index < -0.39 is 5.97 Å². The highest BCUT2D eigenvalue weighted by molar-refractivity contribution is 9.10. The third-order valence-electron chi connectivity index (χ3n) is 2.62. The molecule has 0 saturated heterocycles. The number of carbonyl (C=O) groups is 1. The molecule has 0 N–H and O–H groups in total. The Kier molecular flexibility index (Phi) is 6.06. The predicted molar refractivity (Wildman–Crippen MR) is 79.4 cm³/mol. The molecular weight excluding hydrogens is 342 g/mol. The van der Waals surface area contributed by atoms with E-state index in [4.69, 9.17) is 19.5 Å². The Hall–Kier alpha value is -2.20. The highest BCUT2D eigenvalue weighted by Crippen LogP contribution is 2.45. The topological polar surface area (TPSA) is 77.8 Å². The van der Waals surface area contributed by atoms with Gasteiger partial charge in [-0.05, 0) is 33.6 Å². The number of carbonyl (C=O) groups excluding carboxylic acids is 1. The Morgan fingerprint density at radius 1 is 1.19 bits per heavy atom. The van der Waals surface area contributed by atoms with E-state index in [0.29, 0.717) is 27.3 Å². The highest BCUT2D eigenvalue weighted by Gasteiger charge is 2.19. The average Bonchev–Trinajstić information content (AvgIpc) is 2.52. The van der Waals surface area contributed by atoms with Crippen molar-refractivity contribution < 1.29 is 23.7 Å². The summed E-state index contributed by atoms with van der Waals surface area (Å²) in [6.07, 6.45) is 1.38. The van der Waals surface area contributed by atoms with Crippen LogP contribution in [-0.2, 0) is 9.53 Å². The smallest absolute Gasteiger partial charge is 0.348 e. The fourth-order valence-electron chi connectivity index (χ4n) is 1.65. The lowest BCUT2D eigenvalue weighted by molar-refractivity contribution is -0.135. The number of methoxy groups -OCH3 is 4. The van der Waals surface area contributed by atoms with E-state index in [1.165, 1.54) is 34.5 Å². The van der Waals surface area contributed by atoms with E-state index in [-0.39, 0.29) is 5.57 Å². The van der Waals surface area contributed by atoms with Gasteiger partial charge in [0.05, 0.1) is 32.9 Å². The number of hydrogen-bond acceptors (Lipinski definition) is 6. The Morgan fingerprint density at radius 3 is 2.24 bits per heavy atom. The maximum atomic E-state index is 11.5. The van der Waals surface area contributed by atoms with Crippen LogP contribution in [0.2, 0.25) is 0 Å². The Bertz CT molecular complexity index is 619. The van der Waals surface area contributed by atoms with Gasteiger partial charge in [0.25, 0.3) is 0 Å². The molecular formula is C14H14BrNO5. The summed E-state index contributed by atoms with van der Waals surface area (Å²) in [5, 5.41) is 9.01. The summed E-state index contributed by atoms with van der Waals surface area (Å²) < 4.78 is 20.8. The van der Waals surface area contributed by atoms with Gasteiger partial charge >= 0.3 is 5.97 Å². The molecule has 7 heteroatoms. The van der Waals surface area contributed by atoms with Gasteiger partial charge < -0.3 is 18.9 Å². The van der Waals surface area contributed by atoms with Crippen LogP contribution in [0.15, 0.2) is 16.1 Å². The zero-order valence-electron chi connectivity index (χ0n) is 12.0. The van der Waals surface area contributed by atoms with Crippen molar-refractivity contribution in [3.63, 3.8) is 0 Å². The zero-order valence-corrected chi connectivity index (χ0v) is 13.6. The highest BCUT2D eigenvalue weighted by atomic mass is 79.9. The standard InChI is InChI=1S/C14H14BrNO5/c1-18-10-6-8(5-9(7-16)14(17)21-4)11(15)13(20-3)12(10)19-2/h5-6H,1-4H3/b9-5-. The minimum Gasteiger partial charge on any atom is -0.493 e. The number of halogens is 1. The molecule has 0 aliphatic carbocycles. The van der Waals surface area contributed by atoms with Crippen molar-refractivity contribution in [3.8, 4) is 23.3 Å². The van der Waals surface area contributed by atoms with Gasteiger partial charge in [-0.1, -0.05) is 0 Å². The van der Waals surface area contributed by atoms with Gasteiger partial charge in [0, 0.05) is 0 Å². The van der Waals surface area contributed by atoms with Gasteiger partial charge in [-0.2, -0.15) is 5.26 Å². The van der Waals surface area contributed by atoms with Crippen molar-refractivity contribution in [2.24, 2.45) is 0 Å². The van der Waals surface area contributed by atoms with Gasteiger partial charge in [-0.15, -0.1) is 0 Å². The van der Waals surface area contributed by atoms with E-state index in [2.05, 4.69) is 20.7 Å². The molecule has 0 bridgehead atoms. The molecule has 6 nitrogen and oxygen atoms in total. The second kappa shape index (κ2) is 7.55. The van der Waals surface area contributed by atoms with Crippen LogP contribution in [-0.4, -0.2) is 34.4 Å². The summed E-state index contributed by atoms with van der Waals surface area (Å²) in [6.45, 7) is 0. The first kappa shape index (κ1) is 16.9. The normalized spacial score (nSPS) is 10.6. The van der Waals surface area contributed by atoms with Crippen molar-refractivity contribution in [1.82, 2.24) is 0 Å². The van der Waals surface area contributed by atoms with Gasteiger partial charge in [0.2, 0.25) is 5.75 Å². The molecule has 0 aliphatic heterocycles. The van der Waals surface area contributed by atoms with Crippen LogP contribution in [0.3, 0.4) is 0 Å². The Labute approximate surface area is 131 Å². The Balaban J connectivity index is 3.55. The fraction of sp³-hybridized carbons (Fsp3) is 0.286. The van der Waals surface area contributed by atoms with Gasteiger partial charge in [-0.25, -0.2) is 4.79 Å². The quantitative estimate of drug-likeness (QED) is 0.458. The predicted octanol–water partition coefficient (Wildman–Crippen LogP) is 2.55. The molecule has 0 atom stereocenters. The van der Waals surface area contributed by atoms with Crippen molar-refractivity contribution in [1.29, 1.82) is 5.26 Å². The van der Waals surface area contributed by atoms with Crippen LogP contribution >= 0.6 is 15.9 Å². The molecule has 1 aromatic carbocycles. The first-order valence-corrected chi connectivity index (χ1v) is 6.51. The monoisotopic (exact) mass is 355 g/mol. The van der Waals surface area contributed by atoms with E-state index in [0.717, 1.165) is 0 Å². The average molecular weight is 356 g/mol. The van der Waals surface area contributed by atoms with Crippen LogP contribution in [0.25, 0.3) is 6.08 Å². The maximum absolute atomic E-state index is 11.5. The first-order chi connectivity index (χ1) is 10.0. The molecule has 0 aliphatic rings. The number of nitriles is 1. The van der Waals surface area contributed by atoms with Crippen molar-refractivity contribution in [2.45, 2.75) is 0 Å². The maximum Gasteiger partial charge on any atom is 0.348 e. The zero-order chi connectivity index (χ0) is 16.0. The van der Waals surface area contributed by atoms with Crippen LogP contribution in [0, 0.1) is 11.3 Å². The summed E-state index contributed by atoms with van der Waals surface area (Å²) in [4.78, 5) is 11.5. The molecule has 21 heavy (non-hydrogen) atoms. The number of benzene rings is 1. The lowest BCUT2D eigenvalue weighted by Crippen LogP contribution is -2.03. The number of rotatable bonds is 5. The first-order valence-electron chi connectivity index (χ1n) is 5.72. The molecule has 0 unspecified atom stereocenters. The third kappa shape index (κ3) is 3.47. The van der Waals surface area contributed by atoms with E-state index >= 15 is 0 Å². The summed E-state index contributed by atoms with van der Waals surface area (Å²) >= 11 is 3.36. The molecule has 0 amide bonds. The van der Waals surface area contributed by atoms with Crippen LogP contribution in [0.4, 0.5) is 0 Å². The van der Waals surface area contributed by atoms with Crippen LogP contribution in [0.1, 0.15) is 5.56 Å². The second-order valence-electron chi connectivity index (χ2n) is 3.71.